The smallest absolute Gasteiger partial charge is 0.394 e. The molecule has 5 nitrogen and oxygen atoms in total. The second-order valence-electron chi connectivity index (χ2n) is 9.02. The lowest BCUT2D eigenvalue weighted by Crippen LogP contribution is -2.32. The summed E-state index contributed by atoms with van der Waals surface area (Å²) in [7, 11) is 0. The summed E-state index contributed by atoms with van der Waals surface area (Å²) in [5.74, 6) is 0.449. The zero-order valence-electron chi connectivity index (χ0n) is 19.6. The number of benzene rings is 2. The van der Waals surface area contributed by atoms with Crippen LogP contribution in [0.3, 0.4) is 0 Å². The molecule has 5 rings (SSSR count). The van der Waals surface area contributed by atoms with E-state index in [2.05, 4.69) is 5.10 Å². The Morgan fingerprint density at radius 3 is 2.27 bits per heavy atom. The van der Waals surface area contributed by atoms with Crippen LogP contribution in [-0.4, -0.2) is 38.9 Å². The number of aliphatic hydroxyl groups is 1. The van der Waals surface area contributed by atoms with Crippen molar-refractivity contribution in [1.82, 2.24) is 14.6 Å². The predicted molar refractivity (Wildman–Crippen MR) is 126 cm³/mol. The van der Waals surface area contributed by atoms with E-state index in [0.29, 0.717) is 40.5 Å². The van der Waals surface area contributed by atoms with E-state index in [1.165, 1.54) is 28.8 Å². The zero-order valence-corrected chi connectivity index (χ0v) is 19.6. The first kappa shape index (κ1) is 25.1. The summed E-state index contributed by atoms with van der Waals surface area (Å²) >= 11 is 0. The average molecular weight is 520 g/mol. The molecule has 3 heterocycles. The van der Waals surface area contributed by atoms with Gasteiger partial charge in [-0.1, -0.05) is 24.3 Å². The van der Waals surface area contributed by atoms with Crippen molar-refractivity contribution in [3.63, 3.8) is 0 Å². The number of fused-ring (bicyclic) bond motifs is 1. The number of hydrogen-bond donors (Lipinski definition) is 1. The van der Waals surface area contributed by atoms with E-state index in [1.807, 2.05) is 4.90 Å². The van der Waals surface area contributed by atoms with Crippen LogP contribution in [0.2, 0.25) is 0 Å². The van der Waals surface area contributed by atoms with Crippen molar-refractivity contribution in [3.8, 4) is 22.4 Å². The number of rotatable bonds is 4. The van der Waals surface area contributed by atoms with E-state index in [9.17, 15) is 31.4 Å². The molecule has 0 radical (unpaired) electrons. The van der Waals surface area contributed by atoms with E-state index >= 15 is 0 Å². The van der Waals surface area contributed by atoms with Crippen molar-refractivity contribution < 1.29 is 31.4 Å². The number of hydrogen-bond acceptors (Lipinski definition) is 4. The van der Waals surface area contributed by atoms with Crippen LogP contribution < -0.4 is 4.90 Å². The number of aliphatic hydroxyl groups excluding tert-OH is 1. The lowest BCUT2D eigenvalue weighted by Gasteiger charge is -2.25. The molecule has 0 spiro atoms. The minimum atomic E-state index is -4.55. The van der Waals surface area contributed by atoms with Crippen LogP contribution in [0.25, 0.3) is 28.0 Å². The van der Waals surface area contributed by atoms with Gasteiger partial charge in [-0.15, -0.1) is 0 Å². The highest BCUT2D eigenvalue weighted by Crippen LogP contribution is 2.38. The van der Waals surface area contributed by atoms with Gasteiger partial charge in [0.05, 0.1) is 35.2 Å². The number of anilines is 1. The first-order valence-electron chi connectivity index (χ1n) is 11.6. The van der Waals surface area contributed by atoms with Gasteiger partial charge in [-0.3, -0.25) is 0 Å². The third kappa shape index (κ3) is 4.63. The fourth-order valence-corrected chi connectivity index (χ4v) is 4.81. The Morgan fingerprint density at radius 2 is 1.62 bits per heavy atom. The van der Waals surface area contributed by atoms with Crippen LogP contribution in [0, 0.1) is 6.92 Å². The molecule has 1 N–H and O–H groups in total. The molecule has 1 fully saturated rings. The minimum Gasteiger partial charge on any atom is -0.394 e. The van der Waals surface area contributed by atoms with Gasteiger partial charge in [-0.05, 0) is 49.6 Å². The van der Waals surface area contributed by atoms with Gasteiger partial charge in [-0.25, -0.2) is 9.50 Å². The first-order valence-corrected chi connectivity index (χ1v) is 11.6. The summed E-state index contributed by atoms with van der Waals surface area (Å²) in [6, 6.07) is 10.9. The highest BCUT2D eigenvalue weighted by Gasteiger charge is 2.32. The second kappa shape index (κ2) is 9.05. The molecule has 0 amide bonds. The third-order valence-electron chi connectivity index (χ3n) is 6.62. The summed E-state index contributed by atoms with van der Waals surface area (Å²) in [6.07, 6.45) is -7.51. The lowest BCUT2D eigenvalue weighted by molar-refractivity contribution is -0.138. The molecule has 0 saturated carbocycles. The zero-order chi connectivity index (χ0) is 26.5. The van der Waals surface area contributed by atoms with Crippen molar-refractivity contribution in [2.75, 3.05) is 18.1 Å². The maximum absolute atomic E-state index is 13.5. The normalized spacial score (nSPS) is 16.6. The van der Waals surface area contributed by atoms with Crippen molar-refractivity contribution in [2.24, 2.45) is 0 Å². The van der Waals surface area contributed by atoms with Gasteiger partial charge in [0.25, 0.3) is 0 Å². The Morgan fingerprint density at radius 1 is 0.919 bits per heavy atom. The van der Waals surface area contributed by atoms with E-state index < -0.39 is 23.5 Å². The topological polar surface area (TPSA) is 53.7 Å². The van der Waals surface area contributed by atoms with Crippen molar-refractivity contribution >= 4 is 11.5 Å². The molecule has 0 bridgehead atoms. The number of nitrogens with zero attached hydrogens (tertiary/aromatic N) is 4. The lowest BCUT2D eigenvalue weighted by atomic mass is 10.0. The van der Waals surface area contributed by atoms with Gasteiger partial charge in [0.1, 0.15) is 5.82 Å². The van der Waals surface area contributed by atoms with Crippen molar-refractivity contribution in [2.45, 2.75) is 38.2 Å². The monoisotopic (exact) mass is 520 g/mol. The predicted octanol–water partition coefficient (Wildman–Crippen LogP) is 6.37. The van der Waals surface area contributed by atoms with Crippen LogP contribution in [0.5, 0.6) is 0 Å². The molecular weight excluding hydrogens is 498 g/mol. The van der Waals surface area contributed by atoms with Crippen LogP contribution >= 0.6 is 0 Å². The molecule has 1 aliphatic rings. The fourth-order valence-electron chi connectivity index (χ4n) is 4.81. The fraction of sp³-hybridized carbons (Fsp3) is 0.308. The molecule has 1 aliphatic heterocycles. The molecule has 37 heavy (non-hydrogen) atoms. The summed E-state index contributed by atoms with van der Waals surface area (Å²) in [5, 5.41) is 14.4. The van der Waals surface area contributed by atoms with Crippen LogP contribution in [0.1, 0.15) is 29.7 Å². The van der Waals surface area contributed by atoms with Crippen LogP contribution in [0.4, 0.5) is 32.2 Å². The molecule has 1 unspecified atom stereocenters. The molecule has 1 atom stereocenters. The van der Waals surface area contributed by atoms with Gasteiger partial charge >= 0.3 is 12.4 Å². The molecule has 2 aromatic heterocycles. The molecule has 4 aromatic rings. The maximum atomic E-state index is 13.5. The summed E-state index contributed by atoms with van der Waals surface area (Å²) in [5.41, 5.74) is 0.650. The summed E-state index contributed by atoms with van der Waals surface area (Å²) < 4.78 is 81.2. The van der Waals surface area contributed by atoms with Gasteiger partial charge in [-0.2, -0.15) is 31.4 Å². The minimum absolute atomic E-state index is 0.115. The number of alkyl halides is 6. The Labute approximate surface area is 208 Å². The highest BCUT2D eigenvalue weighted by atomic mass is 19.4. The summed E-state index contributed by atoms with van der Waals surface area (Å²) in [4.78, 5) is 6.65. The maximum Gasteiger partial charge on any atom is 0.416 e. The molecule has 1 saturated heterocycles. The Balaban J connectivity index is 1.74. The SMILES string of the molecule is Cc1nn2c(-c3cccc(C(F)(F)F)c3)cc(N3CCCC3CO)nc2c1-c1ccc(C(F)(F)F)cc1. The standard InChI is InChI=1S/C26H22F6N4O/c1-15-23(16-7-9-18(10-8-16)25(27,28)29)24-33-22(35-11-3-6-20(35)14-37)13-21(36(24)34-15)17-4-2-5-19(12-17)26(30,31)32/h2,4-5,7-10,12-13,20,37H,3,6,11,14H2,1H3. The molecule has 2 aromatic carbocycles. The van der Waals surface area contributed by atoms with E-state index in [1.54, 1.807) is 13.0 Å². The van der Waals surface area contributed by atoms with Gasteiger partial charge in [0.15, 0.2) is 5.65 Å². The molecular formula is C26H22F6N4O. The molecule has 194 valence electrons. The third-order valence-corrected chi connectivity index (χ3v) is 6.62. The molecule has 0 aliphatic carbocycles. The highest BCUT2D eigenvalue weighted by molar-refractivity contribution is 5.83. The van der Waals surface area contributed by atoms with Crippen molar-refractivity contribution in [1.29, 1.82) is 0 Å². The second-order valence-corrected chi connectivity index (χ2v) is 9.02. The molecule has 11 heteroatoms. The van der Waals surface area contributed by atoms with E-state index in [0.717, 1.165) is 37.1 Å². The van der Waals surface area contributed by atoms with Crippen molar-refractivity contribution in [3.05, 3.63) is 71.4 Å². The van der Waals surface area contributed by atoms with E-state index in [4.69, 9.17) is 4.98 Å². The largest absolute Gasteiger partial charge is 0.416 e. The Kier molecular flexibility index (Phi) is 6.13. The summed E-state index contributed by atoms with van der Waals surface area (Å²) in [6.45, 7) is 2.15. The number of aromatic nitrogens is 3. The Bertz CT molecular complexity index is 1440. The number of halogens is 6. The number of aryl methyl sites for hydroxylation is 1. The van der Waals surface area contributed by atoms with Crippen LogP contribution in [0.15, 0.2) is 54.6 Å². The van der Waals surface area contributed by atoms with E-state index in [-0.39, 0.29) is 18.2 Å². The van der Waals surface area contributed by atoms with Gasteiger partial charge in [0, 0.05) is 23.7 Å². The average Bonchev–Trinajstić information content (AvgIpc) is 3.46. The van der Waals surface area contributed by atoms with Crippen LogP contribution in [-0.2, 0) is 12.4 Å². The van der Waals surface area contributed by atoms with Gasteiger partial charge < -0.3 is 10.0 Å². The quantitative estimate of drug-likeness (QED) is 0.318. The first-order chi connectivity index (χ1) is 17.5. The Hall–Kier alpha value is -3.60. The van der Waals surface area contributed by atoms with Gasteiger partial charge in [0.2, 0.25) is 0 Å².